The molecule has 2 aromatic heterocycles. The summed E-state index contributed by atoms with van der Waals surface area (Å²) in [5, 5.41) is 0. The predicted octanol–water partition coefficient (Wildman–Crippen LogP) is 7.24. The minimum Gasteiger partial charge on any atom is -0.304 e. The molecule has 0 spiro atoms. The average molecular weight is 634 g/mol. The van der Waals surface area contributed by atoms with Crippen LogP contribution in [0.4, 0.5) is 0 Å². The quantitative estimate of drug-likeness (QED) is 0.284. The standard InChI is InChI=1S/C29H37N4.Ir/c1-17(2)24-31-25(18(3)4)33-26(32-24)20-12-14-23(30-16-20)19-11-13-21-22(15-19)28(7,8)29(9,10)27(21,5)6;/h12-18H,1-10H3;/q-1;. The van der Waals surface area contributed by atoms with Crippen LogP contribution in [0.15, 0.2) is 30.5 Å². The van der Waals surface area contributed by atoms with E-state index >= 15 is 0 Å². The first-order valence-electron chi connectivity index (χ1n) is 12.1. The maximum atomic E-state index is 4.79. The molecule has 2 heterocycles. The van der Waals surface area contributed by atoms with Crippen molar-refractivity contribution in [3.63, 3.8) is 0 Å². The Morgan fingerprint density at radius 1 is 0.765 bits per heavy atom. The van der Waals surface area contributed by atoms with Crippen LogP contribution in [-0.4, -0.2) is 19.9 Å². The van der Waals surface area contributed by atoms with Crippen molar-refractivity contribution in [3.8, 4) is 22.6 Å². The second-order valence-electron chi connectivity index (χ2n) is 11.7. The fourth-order valence-electron chi connectivity index (χ4n) is 4.87. The topological polar surface area (TPSA) is 51.6 Å². The normalized spacial score (nSPS) is 17.5. The zero-order valence-electron chi connectivity index (χ0n) is 22.2. The summed E-state index contributed by atoms with van der Waals surface area (Å²) in [6, 6.07) is 12.1. The minimum atomic E-state index is 0. The molecule has 0 amide bonds. The van der Waals surface area contributed by atoms with Gasteiger partial charge in [-0.1, -0.05) is 81.4 Å². The summed E-state index contributed by atoms with van der Waals surface area (Å²) < 4.78 is 0. The van der Waals surface area contributed by atoms with Crippen molar-refractivity contribution >= 4 is 0 Å². The number of nitrogens with zero attached hydrogens (tertiary/aromatic N) is 4. The monoisotopic (exact) mass is 634 g/mol. The molecule has 0 atom stereocenters. The van der Waals surface area contributed by atoms with E-state index in [-0.39, 0.29) is 48.2 Å². The van der Waals surface area contributed by atoms with Gasteiger partial charge in [0.05, 0.1) is 0 Å². The van der Waals surface area contributed by atoms with Gasteiger partial charge in [0.1, 0.15) is 11.6 Å². The van der Waals surface area contributed by atoms with Gasteiger partial charge in [-0.3, -0.25) is 0 Å². The van der Waals surface area contributed by atoms with Crippen LogP contribution < -0.4 is 0 Å². The van der Waals surface area contributed by atoms with Gasteiger partial charge in [-0.25, -0.2) is 15.0 Å². The van der Waals surface area contributed by atoms with Crippen molar-refractivity contribution in [1.29, 1.82) is 0 Å². The molecule has 34 heavy (non-hydrogen) atoms. The molecule has 0 aliphatic heterocycles. The number of pyridine rings is 1. The molecule has 0 N–H and O–H groups in total. The predicted molar refractivity (Wildman–Crippen MR) is 135 cm³/mol. The molecule has 0 bridgehead atoms. The van der Waals surface area contributed by atoms with Crippen molar-refractivity contribution in [2.45, 2.75) is 91.9 Å². The molecule has 1 aliphatic rings. The van der Waals surface area contributed by atoms with E-state index in [1.165, 1.54) is 11.1 Å². The van der Waals surface area contributed by atoms with Gasteiger partial charge < -0.3 is 4.98 Å². The van der Waals surface area contributed by atoms with E-state index in [4.69, 9.17) is 15.0 Å². The molecule has 183 valence electrons. The van der Waals surface area contributed by atoms with Gasteiger partial charge in [0.15, 0.2) is 5.82 Å². The van der Waals surface area contributed by atoms with Crippen LogP contribution >= 0.6 is 0 Å². The third-order valence-electron chi connectivity index (χ3n) is 8.42. The van der Waals surface area contributed by atoms with Crippen molar-refractivity contribution < 1.29 is 20.1 Å². The van der Waals surface area contributed by atoms with Crippen molar-refractivity contribution in [3.05, 3.63) is 59.3 Å². The summed E-state index contributed by atoms with van der Waals surface area (Å²) in [4.78, 5) is 18.9. The van der Waals surface area contributed by atoms with Gasteiger partial charge in [-0.2, -0.15) is 0 Å². The van der Waals surface area contributed by atoms with Crippen molar-refractivity contribution in [2.24, 2.45) is 5.41 Å². The van der Waals surface area contributed by atoms with E-state index in [0.717, 1.165) is 28.5 Å². The Morgan fingerprint density at radius 3 is 1.82 bits per heavy atom. The summed E-state index contributed by atoms with van der Waals surface area (Å²) in [6.45, 7) is 22.6. The van der Waals surface area contributed by atoms with E-state index < -0.39 is 0 Å². The first-order chi connectivity index (χ1) is 15.3. The third kappa shape index (κ3) is 4.05. The molecule has 5 heteroatoms. The maximum absolute atomic E-state index is 4.79. The molecule has 0 unspecified atom stereocenters. The fourth-order valence-corrected chi connectivity index (χ4v) is 4.87. The number of hydrogen-bond acceptors (Lipinski definition) is 4. The smallest absolute Gasteiger partial charge is 0.164 e. The van der Waals surface area contributed by atoms with Crippen LogP contribution in [0, 0.1) is 11.5 Å². The Balaban J connectivity index is 0.00000324. The number of hydrogen-bond donors (Lipinski definition) is 0. The van der Waals surface area contributed by atoms with Gasteiger partial charge in [0, 0.05) is 43.7 Å². The molecule has 4 nitrogen and oxygen atoms in total. The first kappa shape index (κ1) is 26.6. The molecular weight excluding hydrogens is 597 g/mol. The number of benzene rings is 1. The van der Waals surface area contributed by atoms with Gasteiger partial charge in [-0.15, -0.1) is 34.9 Å². The SMILES string of the molecule is CC(C)c1nc(-c2ccc(-c3[c-]cc4c(c3)C(C)(C)C(C)(C)C4(C)C)nc2)nc(C(C)C)n1.[Ir]. The Labute approximate surface area is 218 Å². The van der Waals surface area contributed by atoms with Gasteiger partial charge in [0.25, 0.3) is 0 Å². The van der Waals surface area contributed by atoms with Gasteiger partial charge in [0.2, 0.25) is 0 Å². The zero-order valence-corrected chi connectivity index (χ0v) is 24.6. The number of rotatable bonds is 4. The molecular formula is C29H37IrN4-. The minimum absolute atomic E-state index is 0. The Kier molecular flexibility index (Phi) is 6.98. The molecule has 4 rings (SSSR count). The number of fused-ring (bicyclic) bond motifs is 1. The van der Waals surface area contributed by atoms with Crippen LogP contribution in [0.3, 0.4) is 0 Å². The van der Waals surface area contributed by atoms with E-state index in [0.29, 0.717) is 5.82 Å². The molecule has 3 aromatic rings. The Hall–Kier alpha value is -1.97. The third-order valence-corrected chi connectivity index (χ3v) is 8.42. The van der Waals surface area contributed by atoms with Crippen molar-refractivity contribution in [2.75, 3.05) is 0 Å². The largest absolute Gasteiger partial charge is 0.304 e. The van der Waals surface area contributed by atoms with E-state index in [1.807, 2.05) is 6.20 Å². The molecule has 0 fully saturated rings. The van der Waals surface area contributed by atoms with Crippen LogP contribution in [-0.2, 0) is 30.9 Å². The molecule has 1 radical (unpaired) electrons. The van der Waals surface area contributed by atoms with E-state index in [1.54, 1.807) is 0 Å². The van der Waals surface area contributed by atoms with Gasteiger partial charge >= 0.3 is 0 Å². The number of aromatic nitrogens is 4. The van der Waals surface area contributed by atoms with E-state index in [9.17, 15) is 0 Å². The van der Waals surface area contributed by atoms with Crippen LogP contribution in [0.5, 0.6) is 0 Å². The Morgan fingerprint density at radius 2 is 1.32 bits per heavy atom. The van der Waals surface area contributed by atoms with E-state index in [2.05, 4.69) is 105 Å². The summed E-state index contributed by atoms with van der Waals surface area (Å²) >= 11 is 0. The second-order valence-corrected chi connectivity index (χ2v) is 11.7. The second kappa shape index (κ2) is 8.91. The molecule has 0 saturated carbocycles. The summed E-state index contributed by atoms with van der Waals surface area (Å²) in [5.74, 6) is 2.84. The molecule has 1 aliphatic carbocycles. The average Bonchev–Trinajstić information content (AvgIpc) is 2.87. The van der Waals surface area contributed by atoms with Crippen LogP contribution in [0.2, 0.25) is 0 Å². The fraction of sp³-hybridized carbons (Fsp3) is 0.517. The first-order valence-corrected chi connectivity index (χ1v) is 12.1. The zero-order chi connectivity index (χ0) is 24.3. The van der Waals surface area contributed by atoms with Gasteiger partial charge in [-0.05, 0) is 21.9 Å². The summed E-state index contributed by atoms with van der Waals surface area (Å²) in [7, 11) is 0. The van der Waals surface area contributed by atoms with Crippen LogP contribution in [0.1, 0.15) is 104 Å². The van der Waals surface area contributed by atoms with Crippen LogP contribution in [0.25, 0.3) is 22.6 Å². The Bertz CT molecular complexity index is 1170. The maximum Gasteiger partial charge on any atom is 0.164 e. The molecule has 1 aromatic carbocycles. The van der Waals surface area contributed by atoms with Crippen molar-refractivity contribution in [1.82, 2.24) is 19.9 Å². The summed E-state index contributed by atoms with van der Waals surface area (Å²) in [5.41, 5.74) is 5.93. The summed E-state index contributed by atoms with van der Waals surface area (Å²) in [6.07, 6.45) is 1.87. The molecule has 0 saturated heterocycles.